The highest BCUT2D eigenvalue weighted by atomic mass is 32.1. The topological polar surface area (TPSA) is 64.0 Å². The lowest BCUT2D eigenvalue weighted by atomic mass is 10.1. The minimum Gasteiger partial charge on any atom is -0.346 e. The maximum Gasteiger partial charge on any atom is 0.275 e. The van der Waals surface area contributed by atoms with Crippen LogP contribution in [0.25, 0.3) is 10.8 Å². The first kappa shape index (κ1) is 16.0. The lowest BCUT2D eigenvalue weighted by Crippen LogP contribution is -2.28. The summed E-state index contributed by atoms with van der Waals surface area (Å²) in [6, 6.07) is 9.02. The maximum atomic E-state index is 12.4. The summed E-state index contributed by atoms with van der Waals surface area (Å²) in [6.07, 6.45) is 5.31. The number of terminal acetylenes is 1. The third kappa shape index (κ3) is 3.07. The van der Waals surface area contributed by atoms with Gasteiger partial charge in [-0.2, -0.15) is 5.10 Å². The van der Waals surface area contributed by atoms with E-state index in [1.54, 1.807) is 12.1 Å². The molecule has 0 aliphatic heterocycles. The van der Waals surface area contributed by atoms with E-state index in [-0.39, 0.29) is 24.6 Å². The number of carbonyl (C=O) groups is 1. The van der Waals surface area contributed by atoms with Gasteiger partial charge in [-0.25, -0.2) is 4.68 Å². The third-order valence-corrected chi connectivity index (χ3v) is 4.60. The zero-order valence-corrected chi connectivity index (χ0v) is 13.9. The molecule has 0 spiro atoms. The van der Waals surface area contributed by atoms with Crippen LogP contribution in [-0.2, 0) is 13.1 Å². The average Bonchev–Trinajstić information content (AvgIpc) is 3.03. The van der Waals surface area contributed by atoms with Crippen LogP contribution in [0.2, 0.25) is 0 Å². The highest BCUT2D eigenvalue weighted by Crippen LogP contribution is 2.15. The van der Waals surface area contributed by atoms with Gasteiger partial charge in [-0.1, -0.05) is 24.1 Å². The number of nitrogens with one attached hydrogen (secondary N) is 1. The molecule has 0 aliphatic rings. The summed E-state index contributed by atoms with van der Waals surface area (Å²) >= 11 is 1.40. The number of hydrogen-bond donors (Lipinski definition) is 1. The number of aromatic nitrogens is 2. The van der Waals surface area contributed by atoms with Crippen LogP contribution in [0.4, 0.5) is 0 Å². The summed E-state index contributed by atoms with van der Waals surface area (Å²) in [5, 5.41) is 10.4. The van der Waals surface area contributed by atoms with E-state index in [9.17, 15) is 9.59 Å². The lowest BCUT2D eigenvalue weighted by molar-refractivity contribution is 0.0954. The Morgan fingerprint density at radius 1 is 1.38 bits per heavy atom. The number of nitrogens with zero attached hydrogens (tertiary/aromatic N) is 2. The molecule has 6 heteroatoms. The molecule has 1 amide bonds. The fourth-order valence-electron chi connectivity index (χ4n) is 2.43. The van der Waals surface area contributed by atoms with Crippen molar-refractivity contribution in [2.24, 2.45) is 0 Å². The van der Waals surface area contributed by atoms with Crippen molar-refractivity contribution in [3.63, 3.8) is 0 Å². The summed E-state index contributed by atoms with van der Waals surface area (Å²) in [4.78, 5) is 25.2. The van der Waals surface area contributed by atoms with Gasteiger partial charge in [-0.05, 0) is 30.0 Å². The smallest absolute Gasteiger partial charge is 0.275 e. The van der Waals surface area contributed by atoms with E-state index in [0.29, 0.717) is 16.0 Å². The predicted molar refractivity (Wildman–Crippen MR) is 95.1 cm³/mol. The molecule has 0 atom stereocenters. The average molecular weight is 337 g/mol. The maximum absolute atomic E-state index is 12.4. The van der Waals surface area contributed by atoms with Gasteiger partial charge in [0.25, 0.3) is 11.5 Å². The van der Waals surface area contributed by atoms with Crippen LogP contribution in [0, 0.1) is 19.3 Å². The zero-order chi connectivity index (χ0) is 17.1. The molecular formula is C18H15N3O2S. The predicted octanol–water partition coefficient (Wildman–Crippen LogP) is 2.33. The van der Waals surface area contributed by atoms with Gasteiger partial charge in [0.1, 0.15) is 6.54 Å². The molecule has 24 heavy (non-hydrogen) atoms. The van der Waals surface area contributed by atoms with Gasteiger partial charge in [-0.3, -0.25) is 9.59 Å². The number of carbonyl (C=O) groups excluding carboxylic acids is 1. The molecule has 0 saturated heterocycles. The van der Waals surface area contributed by atoms with Crippen molar-refractivity contribution in [2.75, 3.05) is 0 Å². The summed E-state index contributed by atoms with van der Waals surface area (Å²) < 4.78 is 1.25. The van der Waals surface area contributed by atoms with Gasteiger partial charge in [0.05, 0.1) is 22.5 Å². The molecule has 3 rings (SSSR count). The molecule has 3 aromatic rings. The third-order valence-electron chi connectivity index (χ3n) is 3.56. The summed E-state index contributed by atoms with van der Waals surface area (Å²) in [6.45, 7) is 2.26. The van der Waals surface area contributed by atoms with Crippen molar-refractivity contribution in [1.29, 1.82) is 0 Å². The Morgan fingerprint density at radius 2 is 2.12 bits per heavy atom. The fourth-order valence-corrected chi connectivity index (χ4v) is 3.24. The minimum absolute atomic E-state index is 0.0920. The van der Waals surface area contributed by atoms with E-state index < -0.39 is 0 Å². The van der Waals surface area contributed by atoms with Crippen molar-refractivity contribution < 1.29 is 4.79 Å². The molecule has 120 valence electrons. The molecule has 0 radical (unpaired) electrons. The van der Waals surface area contributed by atoms with Gasteiger partial charge in [-0.15, -0.1) is 17.8 Å². The molecule has 5 nitrogen and oxygen atoms in total. The minimum atomic E-state index is -0.229. The number of amides is 1. The van der Waals surface area contributed by atoms with E-state index >= 15 is 0 Å². The fraction of sp³-hybridized carbons (Fsp3) is 0.167. The van der Waals surface area contributed by atoms with Crippen LogP contribution < -0.4 is 10.9 Å². The molecule has 1 N–H and O–H groups in total. The monoisotopic (exact) mass is 337 g/mol. The molecule has 0 saturated carbocycles. The summed E-state index contributed by atoms with van der Waals surface area (Å²) in [5.41, 5.74) is 1.44. The van der Waals surface area contributed by atoms with Crippen LogP contribution in [0.5, 0.6) is 0 Å². The van der Waals surface area contributed by atoms with Crippen molar-refractivity contribution in [2.45, 2.75) is 20.0 Å². The van der Waals surface area contributed by atoms with Gasteiger partial charge in [0, 0.05) is 5.39 Å². The van der Waals surface area contributed by atoms with Gasteiger partial charge in [0.15, 0.2) is 0 Å². The number of rotatable bonds is 4. The van der Waals surface area contributed by atoms with Crippen LogP contribution in [-0.4, -0.2) is 15.7 Å². The van der Waals surface area contributed by atoms with E-state index in [1.807, 2.05) is 30.5 Å². The second kappa shape index (κ2) is 6.69. The molecule has 0 fully saturated rings. The summed E-state index contributed by atoms with van der Waals surface area (Å²) in [5.74, 6) is 2.27. The molecule has 1 aromatic carbocycles. The first-order valence-corrected chi connectivity index (χ1v) is 8.23. The van der Waals surface area contributed by atoms with Gasteiger partial charge >= 0.3 is 0 Å². The Labute approximate surface area is 142 Å². The Balaban J connectivity index is 1.94. The largest absolute Gasteiger partial charge is 0.346 e. The Kier molecular flexibility index (Phi) is 4.45. The number of aryl methyl sites for hydroxylation is 1. The zero-order valence-electron chi connectivity index (χ0n) is 13.1. The number of thiophene rings is 1. The van der Waals surface area contributed by atoms with Crippen molar-refractivity contribution in [3.8, 4) is 12.3 Å². The van der Waals surface area contributed by atoms with Gasteiger partial charge < -0.3 is 5.32 Å². The Hall–Kier alpha value is -2.91. The highest BCUT2D eigenvalue weighted by molar-refractivity contribution is 7.12. The van der Waals surface area contributed by atoms with Crippen molar-refractivity contribution in [3.05, 3.63) is 62.2 Å². The van der Waals surface area contributed by atoms with E-state index in [2.05, 4.69) is 16.3 Å². The number of hydrogen-bond acceptors (Lipinski definition) is 4. The standard InChI is InChI=1S/C18H15N3O2S/c1-3-8-21-18(23)14-7-5-4-6-13(14)15(20-21)10-19-17(22)16-9-12(2)11-24-16/h1,4-7,9,11H,8,10H2,2H3,(H,19,22). The molecule has 2 aromatic heterocycles. The van der Waals surface area contributed by atoms with Gasteiger partial charge in [0.2, 0.25) is 0 Å². The molecule has 0 unspecified atom stereocenters. The number of fused-ring (bicyclic) bond motifs is 1. The van der Waals surface area contributed by atoms with Crippen LogP contribution in [0.1, 0.15) is 20.9 Å². The second-order valence-electron chi connectivity index (χ2n) is 5.33. The molecular weight excluding hydrogens is 322 g/mol. The van der Waals surface area contributed by atoms with Crippen LogP contribution in [0.15, 0.2) is 40.5 Å². The summed E-state index contributed by atoms with van der Waals surface area (Å²) in [7, 11) is 0. The molecule has 0 aliphatic carbocycles. The Morgan fingerprint density at radius 3 is 2.79 bits per heavy atom. The highest BCUT2D eigenvalue weighted by Gasteiger charge is 2.12. The van der Waals surface area contributed by atoms with E-state index in [0.717, 1.165) is 10.9 Å². The van der Waals surface area contributed by atoms with E-state index in [4.69, 9.17) is 6.42 Å². The van der Waals surface area contributed by atoms with Crippen LogP contribution in [0.3, 0.4) is 0 Å². The molecule has 2 heterocycles. The molecule has 0 bridgehead atoms. The van der Waals surface area contributed by atoms with Crippen molar-refractivity contribution in [1.82, 2.24) is 15.1 Å². The quantitative estimate of drug-likeness (QED) is 0.743. The number of benzene rings is 1. The first-order chi connectivity index (χ1) is 11.6. The Bertz CT molecular complexity index is 1010. The van der Waals surface area contributed by atoms with Crippen molar-refractivity contribution >= 4 is 28.0 Å². The van der Waals surface area contributed by atoms with E-state index in [1.165, 1.54) is 16.0 Å². The second-order valence-corrected chi connectivity index (χ2v) is 6.24. The lowest BCUT2D eigenvalue weighted by Gasteiger charge is -2.10. The first-order valence-electron chi connectivity index (χ1n) is 7.35. The SMILES string of the molecule is C#CCn1nc(CNC(=O)c2cc(C)cs2)c2ccccc2c1=O. The van der Waals surface area contributed by atoms with Crippen LogP contribution >= 0.6 is 11.3 Å². The normalized spacial score (nSPS) is 10.5.